The van der Waals surface area contributed by atoms with Crippen LogP contribution >= 0.6 is 0 Å². The van der Waals surface area contributed by atoms with Crippen molar-refractivity contribution in [3.8, 4) is 5.75 Å². The highest BCUT2D eigenvalue weighted by molar-refractivity contribution is 5.48. The summed E-state index contributed by atoms with van der Waals surface area (Å²) in [5.74, 6) is 0.290. The van der Waals surface area contributed by atoms with Crippen LogP contribution < -0.4 is 15.4 Å². The molecule has 2 N–H and O–H groups in total. The van der Waals surface area contributed by atoms with Crippen LogP contribution in [0.5, 0.6) is 5.75 Å². The van der Waals surface area contributed by atoms with E-state index in [0.29, 0.717) is 24.4 Å². The van der Waals surface area contributed by atoms with Gasteiger partial charge in [0.05, 0.1) is 7.11 Å². The lowest BCUT2D eigenvalue weighted by molar-refractivity contribution is 0.410. The molecule has 112 valence electrons. The SMILES string of the molecule is CCN(Cc1ccc(OC)cc1F)c1ccc(CN)cc1. The molecule has 0 aliphatic rings. The Kier molecular flexibility index (Phi) is 5.17. The van der Waals surface area contributed by atoms with E-state index in [-0.39, 0.29) is 5.82 Å². The molecule has 0 aliphatic heterocycles. The first-order valence-electron chi connectivity index (χ1n) is 7.04. The number of methoxy groups -OCH3 is 1. The van der Waals surface area contributed by atoms with Gasteiger partial charge in [0.2, 0.25) is 0 Å². The second kappa shape index (κ2) is 7.09. The van der Waals surface area contributed by atoms with Gasteiger partial charge in [-0.25, -0.2) is 4.39 Å². The molecule has 4 heteroatoms. The maximum atomic E-state index is 14.0. The topological polar surface area (TPSA) is 38.5 Å². The number of hydrogen-bond donors (Lipinski definition) is 1. The second-order valence-corrected chi connectivity index (χ2v) is 4.84. The number of nitrogens with two attached hydrogens (primary N) is 1. The van der Waals surface area contributed by atoms with Crippen molar-refractivity contribution in [1.29, 1.82) is 0 Å². The number of rotatable bonds is 6. The Morgan fingerprint density at radius 3 is 2.38 bits per heavy atom. The molecular formula is C17H21FN2O. The fraction of sp³-hybridized carbons (Fsp3) is 0.294. The van der Waals surface area contributed by atoms with Gasteiger partial charge < -0.3 is 15.4 Å². The Morgan fingerprint density at radius 2 is 1.86 bits per heavy atom. The van der Waals surface area contributed by atoms with Gasteiger partial charge in [0, 0.05) is 37.0 Å². The van der Waals surface area contributed by atoms with Crippen molar-refractivity contribution in [2.24, 2.45) is 5.73 Å². The van der Waals surface area contributed by atoms with Crippen LogP contribution in [0.1, 0.15) is 18.1 Å². The first-order valence-corrected chi connectivity index (χ1v) is 7.04. The van der Waals surface area contributed by atoms with E-state index in [0.717, 1.165) is 17.8 Å². The number of halogens is 1. The van der Waals surface area contributed by atoms with Gasteiger partial charge in [0.25, 0.3) is 0 Å². The van der Waals surface area contributed by atoms with Gasteiger partial charge in [0.15, 0.2) is 0 Å². The van der Waals surface area contributed by atoms with Crippen LogP contribution in [0.15, 0.2) is 42.5 Å². The quantitative estimate of drug-likeness (QED) is 0.886. The van der Waals surface area contributed by atoms with Crippen molar-refractivity contribution in [3.63, 3.8) is 0 Å². The van der Waals surface area contributed by atoms with E-state index in [9.17, 15) is 4.39 Å². The van der Waals surface area contributed by atoms with Crippen LogP contribution in [0, 0.1) is 5.82 Å². The monoisotopic (exact) mass is 288 g/mol. The molecular weight excluding hydrogens is 267 g/mol. The summed E-state index contributed by atoms with van der Waals surface area (Å²) in [7, 11) is 1.53. The molecule has 2 aromatic carbocycles. The molecule has 0 saturated heterocycles. The van der Waals surface area contributed by atoms with E-state index in [1.54, 1.807) is 12.1 Å². The summed E-state index contributed by atoms with van der Waals surface area (Å²) in [6.07, 6.45) is 0. The molecule has 0 saturated carbocycles. The zero-order chi connectivity index (χ0) is 15.2. The van der Waals surface area contributed by atoms with Gasteiger partial charge in [0.1, 0.15) is 11.6 Å². The van der Waals surface area contributed by atoms with Gasteiger partial charge in [-0.1, -0.05) is 18.2 Å². The van der Waals surface area contributed by atoms with Gasteiger partial charge in [-0.05, 0) is 30.7 Å². The van der Waals surface area contributed by atoms with E-state index < -0.39 is 0 Å². The zero-order valence-electron chi connectivity index (χ0n) is 12.5. The van der Waals surface area contributed by atoms with E-state index >= 15 is 0 Å². The molecule has 3 nitrogen and oxygen atoms in total. The first kappa shape index (κ1) is 15.3. The normalized spacial score (nSPS) is 10.5. The molecule has 0 aliphatic carbocycles. The van der Waals surface area contributed by atoms with Crippen LogP contribution in [-0.4, -0.2) is 13.7 Å². The number of anilines is 1. The summed E-state index contributed by atoms with van der Waals surface area (Å²) >= 11 is 0. The van der Waals surface area contributed by atoms with Gasteiger partial charge >= 0.3 is 0 Å². The van der Waals surface area contributed by atoms with Gasteiger partial charge in [-0.15, -0.1) is 0 Å². The van der Waals surface area contributed by atoms with E-state index in [2.05, 4.69) is 11.8 Å². The molecule has 0 atom stereocenters. The zero-order valence-corrected chi connectivity index (χ0v) is 12.5. The average molecular weight is 288 g/mol. The van der Waals surface area contributed by atoms with Crippen molar-refractivity contribution >= 4 is 5.69 Å². The molecule has 21 heavy (non-hydrogen) atoms. The lowest BCUT2D eigenvalue weighted by atomic mass is 10.1. The van der Waals surface area contributed by atoms with Crippen LogP contribution in [0.2, 0.25) is 0 Å². The number of ether oxygens (including phenoxy) is 1. The predicted octanol–water partition coefficient (Wildman–Crippen LogP) is 3.32. The molecule has 2 aromatic rings. The number of nitrogens with zero attached hydrogens (tertiary/aromatic N) is 1. The fourth-order valence-corrected chi connectivity index (χ4v) is 2.22. The molecule has 0 spiro atoms. The summed E-state index contributed by atoms with van der Waals surface area (Å²) in [6.45, 7) is 3.90. The van der Waals surface area contributed by atoms with Crippen LogP contribution in [-0.2, 0) is 13.1 Å². The van der Waals surface area contributed by atoms with Crippen LogP contribution in [0.25, 0.3) is 0 Å². The van der Waals surface area contributed by atoms with Gasteiger partial charge in [-0.2, -0.15) is 0 Å². The second-order valence-electron chi connectivity index (χ2n) is 4.84. The summed E-state index contributed by atoms with van der Waals surface area (Å²) < 4.78 is 19.1. The van der Waals surface area contributed by atoms with Crippen LogP contribution in [0.4, 0.5) is 10.1 Å². The molecule has 0 fully saturated rings. The Balaban J connectivity index is 2.18. The number of benzene rings is 2. The van der Waals surface area contributed by atoms with Crippen molar-refractivity contribution in [2.45, 2.75) is 20.0 Å². The van der Waals surface area contributed by atoms with Crippen LogP contribution in [0.3, 0.4) is 0 Å². The third-order valence-corrected chi connectivity index (χ3v) is 3.54. The minimum atomic E-state index is -0.244. The molecule has 0 unspecified atom stereocenters. The lowest BCUT2D eigenvalue weighted by Crippen LogP contribution is -2.22. The Bertz CT molecular complexity index is 584. The maximum Gasteiger partial charge on any atom is 0.131 e. The van der Waals surface area contributed by atoms with Gasteiger partial charge in [-0.3, -0.25) is 0 Å². The maximum absolute atomic E-state index is 14.0. The summed E-state index contributed by atoms with van der Waals surface area (Å²) in [6, 6.07) is 13.0. The van der Waals surface area contributed by atoms with E-state index in [1.165, 1.54) is 13.2 Å². The molecule has 2 rings (SSSR count). The molecule has 0 aromatic heterocycles. The fourth-order valence-electron chi connectivity index (χ4n) is 2.22. The van der Waals surface area contributed by atoms with Crippen molar-refractivity contribution in [3.05, 3.63) is 59.4 Å². The molecule has 0 radical (unpaired) electrons. The third-order valence-electron chi connectivity index (χ3n) is 3.54. The highest BCUT2D eigenvalue weighted by Gasteiger charge is 2.10. The minimum absolute atomic E-state index is 0.244. The summed E-state index contributed by atoms with van der Waals surface area (Å²) in [5.41, 5.74) is 8.41. The average Bonchev–Trinajstić information content (AvgIpc) is 2.54. The smallest absolute Gasteiger partial charge is 0.131 e. The molecule has 0 amide bonds. The van der Waals surface area contributed by atoms with E-state index in [1.807, 2.05) is 24.3 Å². The summed E-state index contributed by atoms with van der Waals surface area (Å²) in [4.78, 5) is 2.12. The van der Waals surface area contributed by atoms with Crippen molar-refractivity contribution in [2.75, 3.05) is 18.6 Å². The first-order chi connectivity index (χ1) is 10.2. The Hall–Kier alpha value is -2.07. The number of hydrogen-bond acceptors (Lipinski definition) is 3. The standard InChI is InChI=1S/C17H21FN2O/c1-3-20(15-7-4-13(11-19)5-8-15)12-14-6-9-16(21-2)10-17(14)18/h4-10H,3,11-12,19H2,1-2H3. The predicted molar refractivity (Wildman–Crippen MR) is 84.0 cm³/mol. The molecule has 0 bridgehead atoms. The van der Waals surface area contributed by atoms with Crippen molar-refractivity contribution < 1.29 is 9.13 Å². The lowest BCUT2D eigenvalue weighted by Gasteiger charge is -2.24. The third kappa shape index (κ3) is 3.73. The largest absolute Gasteiger partial charge is 0.497 e. The highest BCUT2D eigenvalue weighted by Crippen LogP contribution is 2.21. The van der Waals surface area contributed by atoms with E-state index in [4.69, 9.17) is 10.5 Å². The molecule has 0 heterocycles. The Morgan fingerprint density at radius 1 is 1.14 bits per heavy atom. The minimum Gasteiger partial charge on any atom is -0.497 e. The Labute approximate surface area is 125 Å². The van der Waals surface area contributed by atoms with Crippen molar-refractivity contribution in [1.82, 2.24) is 0 Å². The summed E-state index contributed by atoms with van der Waals surface area (Å²) in [5, 5.41) is 0. The highest BCUT2D eigenvalue weighted by atomic mass is 19.1.